The van der Waals surface area contributed by atoms with E-state index in [2.05, 4.69) is 41.3 Å². The smallest absolute Gasteiger partial charge is 0.309 e. The van der Waals surface area contributed by atoms with Gasteiger partial charge in [0.25, 0.3) is 0 Å². The maximum Gasteiger partial charge on any atom is 0.309 e. The lowest BCUT2D eigenvalue weighted by molar-refractivity contribution is -0.142. The number of rotatable bonds is 2. The van der Waals surface area contributed by atoms with Crippen LogP contribution in [0.4, 0.5) is 0 Å². The third kappa shape index (κ3) is 4.05. The number of hydrogen-bond acceptors (Lipinski definition) is 4. The third-order valence-electron chi connectivity index (χ3n) is 2.43. The van der Waals surface area contributed by atoms with Crippen LogP contribution in [0.2, 0.25) is 0 Å². The van der Waals surface area contributed by atoms with E-state index in [9.17, 15) is 9.59 Å². The normalized spacial score (nSPS) is 34.2. The van der Waals surface area contributed by atoms with Gasteiger partial charge in [-0.1, -0.05) is 31.9 Å². The highest BCUT2D eigenvalue weighted by Crippen LogP contribution is 2.38. The van der Waals surface area contributed by atoms with E-state index >= 15 is 0 Å². The molecule has 0 aliphatic heterocycles. The Labute approximate surface area is 111 Å². The van der Waals surface area contributed by atoms with Gasteiger partial charge in [0.1, 0.15) is 0 Å². The first-order chi connectivity index (χ1) is 7.51. The molecule has 0 amide bonds. The summed E-state index contributed by atoms with van der Waals surface area (Å²) < 4.78 is 8.95. The fraction of sp³-hybridized carbons (Fsp3) is 0.800. The van der Waals surface area contributed by atoms with Crippen LogP contribution in [0, 0.1) is 11.8 Å². The van der Waals surface area contributed by atoms with Gasteiger partial charge >= 0.3 is 11.9 Å². The van der Waals surface area contributed by atoms with Crippen LogP contribution < -0.4 is 0 Å². The van der Waals surface area contributed by atoms with Crippen molar-refractivity contribution in [3.05, 3.63) is 0 Å². The summed E-state index contributed by atoms with van der Waals surface area (Å²) in [6.07, 6.45) is 1.87. The maximum atomic E-state index is 10.5. The molecule has 0 radical (unpaired) electrons. The van der Waals surface area contributed by atoms with Gasteiger partial charge in [-0.2, -0.15) is 0 Å². The van der Waals surface area contributed by atoms with Gasteiger partial charge in [-0.05, 0) is 12.8 Å². The molecular formula is C10H14Br2O4. The highest BCUT2D eigenvalue weighted by molar-refractivity contribution is 9.10. The van der Waals surface area contributed by atoms with Crippen molar-refractivity contribution in [2.75, 3.05) is 14.2 Å². The summed E-state index contributed by atoms with van der Waals surface area (Å²) in [5, 5.41) is 0. The largest absolute Gasteiger partial charge is 0.469 e. The number of alkyl halides is 2. The predicted molar refractivity (Wildman–Crippen MR) is 65.7 cm³/mol. The van der Waals surface area contributed by atoms with Crippen LogP contribution in [0.1, 0.15) is 12.8 Å². The van der Waals surface area contributed by atoms with Gasteiger partial charge in [0.2, 0.25) is 0 Å². The average molecular weight is 358 g/mol. The molecular weight excluding hydrogens is 344 g/mol. The fourth-order valence-electron chi connectivity index (χ4n) is 1.12. The van der Waals surface area contributed by atoms with Crippen molar-refractivity contribution in [1.29, 1.82) is 0 Å². The highest BCUT2D eigenvalue weighted by atomic mass is 79.9. The van der Waals surface area contributed by atoms with Crippen LogP contribution >= 0.6 is 31.9 Å². The number of methoxy groups -OCH3 is 2. The summed E-state index contributed by atoms with van der Waals surface area (Å²) in [5.74, 6) is 0.0961. The average Bonchev–Trinajstić information content (AvgIpc) is 3.16. The monoisotopic (exact) mass is 356 g/mol. The Morgan fingerprint density at radius 3 is 1.25 bits per heavy atom. The van der Waals surface area contributed by atoms with Gasteiger partial charge in [-0.15, -0.1) is 0 Å². The highest BCUT2D eigenvalue weighted by Gasteiger charge is 2.42. The molecule has 2 rings (SSSR count). The second-order valence-corrected chi connectivity index (χ2v) is 6.11. The molecule has 0 spiro atoms. The molecule has 2 aliphatic carbocycles. The molecule has 0 saturated heterocycles. The number of carbonyl (C=O) groups excluding carboxylic acids is 2. The fourth-order valence-corrected chi connectivity index (χ4v) is 2.36. The standard InChI is InChI=1S/2C5H7BrO2/c2*1-8-5(7)3-2-4(3)6/h2*3-4H,2H2,1H3/t2*3-,4-/m10/s1. The molecule has 4 nitrogen and oxygen atoms in total. The molecule has 2 saturated carbocycles. The van der Waals surface area contributed by atoms with E-state index in [4.69, 9.17) is 0 Å². The quantitative estimate of drug-likeness (QED) is 0.559. The van der Waals surface area contributed by atoms with E-state index in [1.165, 1.54) is 14.2 Å². The SMILES string of the molecule is COC(=O)[C@@H]1C[C@H]1Br.COC(=O)[C@H]1C[C@@H]1Br. The lowest BCUT2D eigenvalue weighted by Crippen LogP contribution is -2.03. The molecule has 16 heavy (non-hydrogen) atoms. The van der Waals surface area contributed by atoms with E-state index in [0.29, 0.717) is 9.65 Å². The number of hydrogen-bond donors (Lipinski definition) is 0. The molecule has 0 unspecified atom stereocenters. The van der Waals surface area contributed by atoms with Gasteiger partial charge in [0.05, 0.1) is 26.1 Å². The summed E-state index contributed by atoms with van der Waals surface area (Å²) in [7, 11) is 2.83. The number of halogens is 2. The molecule has 2 aliphatic rings. The van der Waals surface area contributed by atoms with Crippen LogP contribution in [-0.4, -0.2) is 35.8 Å². The zero-order chi connectivity index (χ0) is 12.3. The lowest BCUT2D eigenvalue weighted by atomic mass is 10.4. The van der Waals surface area contributed by atoms with Crippen molar-refractivity contribution in [2.24, 2.45) is 11.8 Å². The molecule has 0 N–H and O–H groups in total. The van der Waals surface area contributed by atoms with Crippen LogP contribution in [0.25, 0.3) is 0 Å². The first-order valence-electron chi connectivity index (χ1n) is 4.95. The molecule has 4 atom stereocenters. The summed E-state index contributed by atoms with van der Waals surface area (Å²) in [5.41, 5.74) is 0. The summed E-state index contributed by atoms with van der Waals surface area (Å²) in [6, 6.07) is 0. The summed E-state index contributed by atoms with van der Waals surface area (Å²) >= 11 is 6.58. The Bertz CT molecular complexity index is 254. The minimum Gasteiger partial charge on any atom is -0.469 e. The zero-order valence-electron chi connectivity index (χ0n) is 9.11. The van der Waals surface area contributed by atoms with Crippen LogP contribution in [0.5, 0.6) is 0 Å². The Kier molecular flexibility index (Phi) is 5.24. The Morgan fingerprint density at radius 1 is 0.938 bits per heavy atom. The molecule has 2 fully saturated rings. The summed E-state index contributed by atoms with van der Waals surface area (Å²) in [6.45, 7) is 0. The van der Waals surface area contributed by atoms with Gasteiger partial charge in [0.15, 0.2) is 0 Å². The third-order valence-corrected chi connectivity index (χ3v) is 4.46. The summed E-state index contributed by atoms with van der Waals surface area (Å²) in [4.78, 5) is 21.8. The van der Waals surface area contributed by atoms with Crippen molar-refractivity contribution >= 4 is 43.8 Å². The molecule has 0 heterocycles. The van der Waals surface area contributed by atoms with Crippen LogP contribution in [-0.2, 0) is 19.1 Å². The number of esters is 2. The van der Waals surface area contributed by atoms with Crippen molar-refractivity contribution in [2.45, 2.75) is 22.5 Å². The molecule has 0 aromatic rings. The van der Waals surface area contributed by atoms with Gasteiger partial charge in [0, 0.05) is 9.65 Å². The second-order valence-electron chi connectivity index (χ2n) is 3.76. The van der Waals surface area contributed by atoms with E-state index in [1.807, 2.05) is 0 Å². The van der Waals surface area contributed by atoms with Crippen molar-refractivity contribution in [1.82, 2.24) is 0 Å². The number of carbonyl (C=O) groups is 2. The molecule has 0 aromatic carbocycles. The minimum atomic E-state index is -0.0909. The second kappa shape index (κ2) is 6.00. The van der Waals surface area contributed by atoms with Gasteiger partial charge in [-0.25, -0.2) is 0 Å². The lowest BCUT2D eigenvalue weighted by Gasteiger charge is -1.91. The first kappa shape index (κ1) is 14.0. The zero-order valence-corrected chi connectivity index (χ0v) is 12.3. The van der Waals surface area contributed by atoms with E-state index in [1.54, 1.807) is 0 Å². The number of ether oxygens (including phenoxy) is 2. The Balaban J connectivity index is 0.000000160. The van der Waals surface area contributed by atoms with Gasteiger partial charge in [-0.3, -0.25) is 9.59 Å². The van der Waals surface area contributed by atoms with E-state index in [-0.39, 0.29) is 23.8 Å². The van der Waals surface area contributed by atoms with Crippen LogP contribution in [0.15, 0.2) is 0 Å². The van der Waals surface area contributed by atoms with Gasteiger partial charge < -0.3 is 9.47 Å². The van der Waals surface area contributed by atoms with Crippen molar-refractivity contribution in [3.63, 3.8) is 0 Å². The van der Waals surface area contributed by atoms with Crippen molar-refractivity contribution in [3.8, 4) is 0 Å². The molecule has 0 aromatic heterocycles. The van der Waals surface area contributed by atoms with E-state index in [0.717, 1.165) is 12.8 Å². The predicted octanol–water partition coefficient (Wildman–Crippen LogP) is 1.89. The molecule has 6 heteroatoms. The maximum absolute atomic E-state index is 10.5. The van der Waals surface area contributed by atoms with Crippen molar-refractivity contribution < 1.29 is 19.1 Å². The molecule has 0 bridgehead atoms. The Morgan fingerprint density at radius 2 is 1.19 bits per heavy atom. The minimum absolute atomic E-state index is 0.0909. The van der Waals surface area contributed by atoms with Crippen LogP contribution in [0.3, 0.4) is 0 Å². The molecule has 92 valence electrons. The Hall–Kier alpha value is -0.100. The first-order valence-corrected chi connectivity index (χ1v) is 6.78. The topological polar surface area (TPSA) is 52.6 Å². The van der Waals surface area contributed by atoms with E-state index < -0.39 is 0 Å².